The van der Waals surface area contributed by atoms with Crippen molar-refractivity contribution < 1.29 is 19.4 Å². The summed E-state index contributed by atoms with van der Waals surface area (Å²) in [4.78, 5) is 12.8. The van der Waals surface area contributed by atoms with Crippen molar-refractivity contribution in [3.63, 3.8) is 0 Å². The molecule has 0 saturated heterocycles. The fraction of sp³-hybridized carbons (Fsp3) is 0.533. The summed E-state index contributed by atoms with van der Waals surface area (Å²) in [5.41, 5.74) is 0. The summed E-state index contributed by atoms with van der Waals surface area (Å²) >= 11 is 0. The third-order valence-corrected chi connectivity index (χ3v) is 3.38. The summed E-state index contributed by atoms with van der Waals surface area (Å²) in [6.45, 7) is 1.94. The van der Waals surface area contributed by atoms with E-state index in [2.05, 4.69) is 4.90 Å². The summed E-state index contributed by atoms with van der Waals surface area (Å²) in [5.74, 6) is 0.866. The van der Waals surface area contributed by atoms with Crippen molar-refractivity contribution in [2.24, 2.45) is 0 Å². The van der Waals surface area contributed by atoms with Gasteiger partial charge in [0.05, 0.1) is 13.5 Å². The van der Waals surface area contributed by atoms with Crippen LogP contribution < -0.4 is 9.47 Å². The number of benzene rings is 1. The fourth-order valence-electron chi connectivity index (χ4n) is 2.11. The quantitative estimate of drug-likeness (QED) is 0.749. The van der Waals surface area contributed by atoms with Crippen LogP contribution in [0.5, 0.6) is 11.5 Å². The largest absolute Gasteiger partial charge is 0.497 e. The molecule has 5 heteroatoms. The van der Waals surface area contributed by atoms with Crippen LogP contribution in [0.25, 0.3) is 0 Å². The van der Waals surface area contributed by atoms with E-state index in [9.17, 15) is 4.79 Å². The van der Waals surface area contributed by atoms with Crippen LogP contribution in [0, 0.1) is 0 Å². The minimum atomic E-state index is -0.744. The van der Waals surface area contributed by atoms with Crippen LogP contribution in [0.3, 0.4) is 0 Å². The molecule has 0 spiro atoms. The van der Waals surface area contributed by atoms with Crippen molar-refractivity contribution >= 4 is 5.97 Å². The zero-order valence-corrected chi connectivity index (χ0v) is 11.7. The molecule has 1 aliphatic rings. The number of carbonyl (C=O) groups is 1. The van der Waals surface area contributed by atoms with Gasteiger partial charge in [-0.1, -0.05) is 0 Å². The average molecular weight is 279 g/mol. The summed E-state index contributed by atoms with van der Waals surface area (Å²) in [6.07, 6.45) is 2.53. The molecule has 0 aliphatic heterocycles. The zero-order chi connectivity index (χ0) is 14.4. The highest BCUT2D eigenvalue weighted by molar-refractivity contribution is 5.66. The van der Waals surface area contributed by atoms with Crippen LogP contribution >= 0.6 is 0 Å². The van der Waals surface area contributed by atoms with Crippen molar-refractivity contribution in [2.75, 3.05) is 26.8 Å². The molecule has 0 unspecified atom stereocenters. The van der Waals surface area contributed by atoms with Crippen molar-refractivity contribution in [3.05, 3.63) is 24.3 Å². The Hall–Kier alpha value is -1.75. The van der Waals surface area contributed by atoms with E-state index >= 15 is 0 Å². The van der Waals surface area contributed by atoms with Crippen LogP contribution in [0.15, 0.2) is 24.3 Å². The predicted molar refractivity (Wildman–Crippen MR) is 75.3 cm³/mol. The lowest BCUT2D eigenvalue weighted by atomic mass is 10.3. The second-order valence-corrected chi connectivity index (χ2v) is 4.93. The summed E-state index contributed by atoms with van der Waals surface area (Å²) in [6, 6.07) is 8.01. The highest BCUT2D eigenvalue weighted by atomic mass is 16.5. The molecule has 1 aromatic rings. The molecule has 1 N–H and O–H groups in total. The van der Waals surface area contributed by atoms with E-state index in [1.54, 1.807) is 7.11 Å². The summed E-state index contributed by atoms with van der Waals surface area (Å²) in [5, 5.41) is 8.75. The first-order chi connectivity index (χ1) is 9.69. The minimum Gasteiger partial charge on any atom is -0.497 e. The molecule has 20 heavy (non-hydrogen) atoms. The Kier molecular flexibility index (Phi) is 5.24. The Labute approximate surface area is 119 Å². The van der Waals surface area contributed by atoms with E-state index < -0.39 is 5.97 Å². The lowest BCUT2D eigenvalue weighted by molar-refractivity contribution is -0.137. The fourth-order valence-corrected chi connectivity index (χ4v) is 2.11. The monoisotopic (exact) mass is 279 g/mol. The third kappa shape index (κ3) is 4.74. The molecule has 5 nitrogen and oxygen atoms in total. The van der Waals surface area contributed by atoms with Gasteiger partial charge in [0.1, 0.15) is 18.1 Å². The van der Waals surface area contributed by atoms with E-state index in [1.165, 1.54) is 12.8 Å². The van der Waals surface area contributed by atoms with E-state index in [1.807, 2.05) is 24.3 Å². The summed E-state index contributed by atoms with van der Waals surface area (Å²) in [7, 11) is 1.63. The number of hydrogen-bond acceptors (Lipinski definition) is 4. The SMILES string of the molecule is COc1ccc(OCCN(CCC(=O)O)C2CC2)cc1. The molecule has 0 atom stereocenters. The maximum atomic E-state index is 10.6. The Bertz CT molecular complexity index is 428. The van der Waals surface area contributed by atoms with Gasteiger partial charge in [-0.25, -0.2) is 0 Å². The number of ether oxygens (including phenoxy) is 2. The van der Waals surface area contributed by atoms with E-state index in [-0.39, 0.29) is 6.42 Å². The Morgan fingerprint density at radius 3 is 2.45 bits per heavy atom. The average Bonchev–Trinajstić information content (AvgIpc) is 3.27. The lowest BCUT2D eigenvalue weighted by Gasteiger charge is -2.21. The van der Waals surface area contributed by atoms with E-state index in [0.717, 1.165) is 18.0 Å². The first kappa shape index (κ1) is 14.7. The van der Waals surface area contributed by atoms with Crippen molar-refractivity contribution in [2.45, 2.75) is 25.3 Å². The number of methoxy groups -OCH3 is 1. The highest BCUT2D eigenvalue weighted by Gasteiger charge is 2.28. The second-order valence-electron chi connectivity index (χ2n) is 4.93. The van der Waals surface area contributed by atoms with Gasteiger partial charge >= 0.3 is 5.97 Å². The van der Waals surface area contributed by atoms with E-state index in [4.69, 9.17) is 14.6 Å². The lowest BCUT2D eigenvalue weighted by Crippen LogP contribution is -2.32. The standard InChI is InChI=1S/C15H21NO4/c1-19-13-4-6-14(7-5-13)20-11-10-16(12-2-3-12)9-8-15(17)18/h4-7,12H,2-3,8-11H2,1H3,(H,17,18). The topological polar surface area (TPSA) is 59.0 Å². The number of hydrogen-bond donors (Lipinski definition) is 1. The second kappa shape index (κ2) is 7.14. The number of carboxylic acids is 1. The normalized spacial score (nSPS) is 14.3. The van der Waals surface area contributed by atoms with Gasteiger partial charge in [-0.05, 0) is 37.1 Å². The molecule has 2 rings (SSSR count). The van der Waals surface area contributed by atoms with Gasteiger partial charge in [-0.3, -0.25) is 9.69 Å². The van der Waals surface area contributed by atoms with Gasteiger partial charge < -0.3 is 14.6 Å². The molecule has 110 valence electrons. The number of aliphatic carboxylic acids is 1. The van der Waals surface area contributed by atoms with Crippen LogP contribution in [-0.4, -0.2) is 48.8 Å². The number of carboxylic acid groups (broad SMARTS) is 1. The Morgan fingerprint density at radius 2 is 1.90 bits per heavy atom. The van der Waals surface area contributed by atoms with E-state index in [0.29, 0.717) is 19.2 Å². The molecule has 1 saturated carbocycles. The molecule has 0 aromatic heterocycles. The van der Waals surface area contributed by atoms with Crippen LogP contribution in [-0.2, 0) is 4.79 Å². The van der Waals surface area contributed by atoms with Gasteiger partial charge in [0.15, 0.2) is 0 Å². The van der Waals surface area contributed by atoms with Crippen LogP contribution in [0.4, 0.5) is 0 Å². The number of nitrogens with zero attached hydrogens (tertiary/aromatic N) is 1. The molecule has 1 aromatic carbocycles. The molecular formula is C15H21NO4. The summed E-state index contributed by atoms with van der Waals surface area (Å²) < 4.78 is 10.8. The highest BCUT2D eigenvalue weighted by Crippen LogP contribution is 2.26. The maximum absolute atomic E-state index is 10.6. The van der Waals surface area contributed by atoms with Crippen LogP contribution in [0.2, 0.25) is 0 Å². The molecule has 0 heterocycles. The van der Waals surface area contributed by atoms with Gasteiger partial charge in [0.25, 0.3) is 0 Å². The van der Waals surface area contributed by atoms with Crippen LogP contribution in [0.1, 0.15) is 19.3 Å². The van der Waals surface area contributed by atoms with Crippen molar-refractivity contribution in [1.29, 1.82) is 0 Å². The molecule has 1 aliphatic carbocycles. The predicted octanol–water partition coefficient (Wildman–Crippen LogP) is 2.01. The van der Waals surface area contributed by atoms with Crippen molar-refractivity contribution in [1.82, 2.24) is 4.90 Å². The maximum Gasteiger partial charge on any atom is 0.304 e. The smallest absolute Gasteiger partial charge is 0.304 e. The molecular weight excluding hydrogens is 258 g/mol. The first-order valence-corrected chi connectivity index (χ1v) is 6.91. The molecule has 0 bridgehead atoms. The third-order valence-electron chi connectivity index (χ3n) is 3.38. The molecule has 0 radical (unpaired) electrons. The Balaban J connectivity index is 1.73. The van der Waals surface area contributed by atoms with Gasteiger partial charge in [-0.2, -0.15) is 0 Å². The Morgan fingerprint density at radius 1 is 1.25 bits per heavy atom. The minimum absolute atomic E-state index is 0.193. The van der Waals surface area contributed by atoms with Gasteiger partial charge in [0.2, 0.25) is 0 Å². The zero-order valence-electron chi connectivity index (χ0n) is 11.7. The molecule has 0 amide bonds. The number of rotatable bonds is 9. The van der Waals surface area contributed by atoms with Crippen molar-refractivity contribution in [3.8, 4) is 11.5 Å². The van der Waals surface area contributed by atoms with Gasteiger partial charge in [-0.15, -0.1) is 0 Å². The van der Waals surface area contributed by atoms with Gasteiger partial charge in [0, 0.05) is 19.1 Å². The first-order valence-electron chi connectivity index (χ1n) is 6.91. The molecule has 1 fully saturated rings.